The molecule has 0 fully saturated rings. The molecule has 9 nitrogen and oxygen atoms in total. The van der Waals surface area contributed by atoms with Gasteiger partial charge in [-0.15, -0.1) is 0 Å². The van der Waals surface area contributed by atoms with Gasteiger partial charge in [-0.25, -0.2) is 0 Å². The highest BCUT2D eigenvalue weighted by Crippen LogP contribution is 2.38. The van der Waals surface area contributed by atoms with Crippen LogP contribution in [-0.4, -0.2) is 70.0 Å². The number of carbonyl (C=O) groups excluding carboxylic acids is 2. The molecule has 0 aliphatic rings. The lowest BCUT2D eigenvalue weighted by molar-refractivity contribution is -0.870. The Kier molecular flexibility index (Phi) is 45.3. The number of quaternary nitrogens is 1. The summed E-state index contributed by atoms with van der Waals surface area (Å²) in [5.74, 6) is -0.842. The van der Waals surface area contributed by atoms with Crippen LogP contribution in [0.5, 0.6) is 0 Å². The van der Waals surface area contributed by atoms with Crippen molar-refractivity contribution >= 4 is 19.8 Å². The lowest BCUT2D eigenvalue weighted by atomic mass is 10.0. The molecule has 66 heavy (non-hydrogen) atoms. The normalized spacial score (nSPS) is 14.1. The van der Waals surface area contributed by atoms with Crippen LogP contribution in [0, 0.1) is 0 Å². The molecule has 0 aromatic rings. The number of likely N-dealkylation sites (N-methyl/N-ethyl adjacent to an activating group) is 1. The molecule has 0 saturated heterocycles. The fourth-order valence-electron chi connectivity index (χ4n) is 6.87. The summed E-state index contributed by atoms with van der Waals surface area (Å²) in [6, 6.07) is 0. The maximum Gasteiger partial charge on any atom is 0.306 e. The van der Waals surface area contributed by atoms with E-state index in [1.165, 1.54) is 83.5 Å². The number of esters is 2. The average molecular weight is 944 g/mol. The summed E-state index contributed by atoms with van der Waals surface area (Å²) < 4.78 is 33.9. The highest BCUT2D eigenvalue weighted by Gasteiger charge is 2.21. The molecule has 0 aliphatic carbocycles. The third kappa shape index (κ3) is 50.6. The van der Waals surface area contributed by atoms with Crippen LogP contribution >= 0.6 is 7.82 Å². The van der Waals surface area contributed by atoms with E-state index < -0.39 is 26.5 Å². The molecule has 0 aromatic heterocycles. The highest BCUT2D eigenvalue weighted by atomic mass is 31.2. The monoisotopic (exact) mass is 944 g/mol. The van der Waals surface area contributed by atoms with Crippen molar-refractivity contribution in [3.8, 4) is 0 Å². The first-order valence-corrected chi connectivity index (χ1v) is 27.8. The summed E-state index contributed by atoms with van der Waals surface area (Å²) >= 11 is 0. The van der Waals surface area contributed by atoms with Gasteiger partial charge < -0.3 is 27.9 Å². The molecule has 0 aliphatic heterocycles. The maximum atomic E-state index is 12.7. The Labute approximate surface area is 405 Å². The molecule has 0 saturated carbocycles. The van der Waals surface area contributed by atoms with Crippen molar-refractivity contribution < 1.29 is 42.1 Å². The van der Waals surface area contributed by atoms with Gasteiger partial charge in [-0.1, -0.05) is 208 Å². The van der Waals surface area contributed by atoms with Crippen molar-refractivity contribution in [1.29, 1.82) is 0 Å². The number of allylic oxidation sites excluding steroid dienone is 14. The number of ether oxygens (including phenoxy) is 2. The Hall–Kier alpha value is -2.81. The zero-order valence-corrected chi connectivity index (χ0v) is 43.8. The fraction of sp³-hybridized carbons (Fsp3) is 0.714. The quantitative estimate of drug-likeness (QED) is 0.0195. The molecular weight excluding hydrogens is 846 g/mol. The Morgan fingerprint density at radius 2 is 0.864 bits per heavy atom. The molecule has 0 spiro atoms. The zero-order chi connectivity index (χ0) is 48.5. The predicted octanol–water partition coefficient (Wildman–Crippen LogP) is 15.3. The first-order valence-electron chi connectivity index (χ1n) is 26.3. The highest BCUT2D eigenvalue weighted by molar-refractivity contribution is 7.45. The molecule has 0 N–H and O–H groups in total. The zero-order valence-electron chi connectivity index (χ0n) is 42.9. The van der Waals surface area contributed by atoms with E-state index in [2.05, 4.69) is 98.9 Å². The first-order chi connectivity index (χ1) is 32.0. The standard InChI is InChI=1S/C56H98NO8P/c1-6-8-10-12-14-16-17-18-19-20-21-22-23-24-25-26-27-28-29-30-31-32-33-34-35-36-37-38-39-41-43-45-47-49-56(59)65-54(53-64-66(60,61)63-51-50-57(3,4)5)52-62-55(58)48-46-44-42-40-15-13-11-9-7-2/h8,10,14,16,18-19,21-22,24-25,27-28,30-31,54H,6-7,9,11-13,15,17,20,23,26,29,32-53H2,1-5H3/b10-8-,16-14-,19-18-,22-21-,25-24-,28-27-,31-30-. The van der Waals surface area contributed by atoms with Gasteiger partial charge in [0.1, 0.15) is 19.8 Å². The van der Waals surface area contributed by atoms with E-state index in [9.17, 15) is 19.0 Å². The first kappa shape index (κ1) is 63.2. The maximum absolute atomic E-state index is 12.7. The van der Waals surface area contributed by atoms with Crippen LogP contribution in [0.3, 0.4) is 0 Å². The third-order valence-corrected chi connectivity index (χ3v) is 11.9. The van der Waals surface area contributed by atoms with E-state index in [0.29, 0.717) is 17.4 Å². The number of carbonyl (C=O) groups is 2. The van der Waals surface area contributed by atoms with Crippen LogP contribution in [0.4, 0.5) is 0 Å². The number of hydrogen-bond acceptors (Lipinski definition) is 8. The topological polar surface area (TPSA) is 111 Å². The Bertz CT molecular complexity index is 1390. The summed E-state index contributed by atoms with van der Waals surface area (Å²) in [5, 5.41) is 0. The smallest absolute Gasteiger partial charge is 0.306 e. The van der Waals surface area contributed by atoms with Gasteiger partial charge >= 0.3 is 11.9 Å². The van der Waals surface area contributed by atoms with Gasteiger partial charge in [-0.05, 0) is 70.6 Å². The Morgan fingerprint density at radius 3 is 1.29 bits per heavy atom. The Balaban J connectivity index is 4.07. The van der Waals surface area contributed by atoms with Crippen molar-refractivity contribution in [2.45, 2.75) is 213 Å². The number of nitrogens with zero attached hydrogens (tertiary/aromatic N) is 1. The van der Waals surface area contributed by atoms with Gasteiger partial charge in [-0.2, -0.15) is 0 Å². The molecule has 0 radical (unpaired) electrons. The number of rotatable bonds is 47. The molecule has 0 amide bonds. The lowest BCUT2D eigenvalue weighted by Gasteiger charge is -2.28. The van der Waals surface area contributed by atoms with E-state index in [1.807, 2.05) is 21.1 Å². The van der Waals surface area contributed by atoms with Crippen LogP contribution in [0.2, 0.25) is 0 Å². The molecular formula is C56H98NO8P. The number of phosphoric ester groups is 1. The molecule has 0 bridgehead atoms. The van der Waals surface area contributed by atoms with Crippen molar-refractivity contribution in [3.05, 3.63) is 85.1 Å². The predicted molar refractivity (Wildman–Crippen MR) is 277 cm³/mol. The second-order valence-electron chi connectivity index (χ2n) is 18.5. The van der Waals surface area contributed by atoms with Gasteiger partial charge in [0.15, 0.2) is 6.10 Å². The van der Waals surface area contributed by atoms with Crippen molar-refractivity contribution in [1.82, 2.24) is 0 Å². The summed E-state index contributed by atoms with van der Waals surface area (Å²) in [6.07, 6.45) is 62.1. The number of unbranched alkanes of at least 4 members (excludes halogenated alkanes) is 19. The van der Waals surface area contributed by atoms with Crippen LogP contribution in [-0.2, 0) is 32.7 Å². The molecule has 10 heteroatoms. The van der Waals surface area contributed by atoms with Crippen LogP contribution in [0.25, 0.3) is 0 Å². The van der Waals surface area contributed by atoms with Gasteiger partial charge in [0, 0.05) is 12.8 Å². The van der Waals surface area contributed by atoms with Gasteiger partial charge in [0.05, 0.1) is 27.7 Å². The van der Waals surface area contributed by atoms with Crippen LogP contribution < -0.4 is 4.89 Å². The summed E-state index contributed by atoms with van der Waals surface area (Å²) in [5.41, 5.74) is 0. The van der Waals surface area contributed by atoms with Crippen LogP contribution in [0.15, 0.2) is 85.1 Å². The summed E-state index contributed by atoms with van der Waals surface area (Å²) in [7, 11) is 1.16. The van der Waals surface area contributed by atoms with E-state index >= 15 is 0 Å². The largest absolute Gasteiger partial charge is 0.756 e. The van der Waals surface area contributed by atoms with Crippen molar-refractivity contribution in [2.75, 3.05) is 47.5 Å². The Morgan fingerprint density at radius 1 is 0.485 bits per heavy atom. The lowest BCUT2D eigenvalue weighted by Crippen LogP contribution is -2.37. The third-order valence-electron chi connectivity index (χ3n) is 10.9. The van der Waals surface area contributed by atoms with E-state index in [0.717, 1.165) is 89.9 Å². The second-order valence-corrected chi connectivity index (χ2v) is 19.9. The van der Waals surface area contributed by atoms with Gasteiger partial charge in [-0.3, -0.25) is 14.2 Å². The number of hydrogen-bond donors (Lipinski definition) is 0. The minimum absolute atomic E-state index is 0.0335. The molecule has 0 rings (SSSR count). The average Bonchev–Trinajstić information content (AvgIpc) is 3.27. The minimum Gasteiger partial charge on any atom is -0.756 e. The second kappa shape index (κ2) is 47.3. The summed E-state index contributed by atoms with van der Waals surface area (Å²) in [6.45, 7) is 4.08. The molecule has 380 valence electrons. The van der Waals surface area contributed by atoms with Crippen LogP contribution in [0.1, 0.15) is 206 Å². The molecule has 2 atom stereocenters. The molecule has 2 unspecified atom stereocenters. The minimum atomic E-state index is -4.63. The molecule has 0 heterocycles. The van der Waals surface area contributed by atoms with E-state index in [4.69, 9.17) is 18.5 Å². The van der Waals surface area contributed by atoms with Crippen molar-refractivity contribution in [2.24, 2.45) is 0 Å². The van der Waals surface area contributed by atoms with E-state index in [-0.39, 0.29) is 32.0 Å². The van der Waals surface area contributed by atoms with Gasteiger partial charge in [0.2, 0.25) is 0 Å². The summed E-state index contributed by atoms with van der Waals surface area (Å²) in [4.78, 5) is 37.6. The fourth-order valence-corrected chi connectivity index (χ4v) is 7.60. The van der Waals surface area contributed by atoms with Crippen molar-refractivity contribution in [3.63, 3.8) is 0 Å². The SMILES string of the molecule is CC/C=C\C/C=C\C/C=C\C/C=C\C/C=C\C/C=C\C/C=C\CCCCCCCCCCCCCC(=O)OC(COC(=O)CCCCCCCCCCC)COP(=O)([O-])OCC[N+](C)(C)C. The van der Waals surface area contributed by atoms with E-state index in [1.54, 1.807) is 0 Å². The van der Waals surface area contributed by atoms with Gasteiger partial charge in [0.25, 0.3) is 7.82 Å². The molecule has 0 aromatic carbocycles. The number of phosphoric acid groups is 1.